The fraction of sp³-hybridized carbons (Fsp3) is 0.333. The zero-order valence-corrected chi connectivity index (χ0v) is 12.2. The first-order valence-electron chi connectivity index (χ1n) is 6.42. The van der Waals surface area contributed by atoms with Gasteiger partial charge in [-0.3, -0.25) is 4.79 Å². The molecule has 0 aliphatic heterocycles. The van der Waals surface area contributed by atoms with Gasteiger partial charge >= 0.3 is 5.97 Å². The summed E-state index contributed by atoms with van der Waals surface area (Å²) in [5.74, 6) is -0.822. The number of aliphatic carboxylic acids is 1. The molecule has 0 atom stereocenters. The maximum atomic E-state index is 10.8. The molecule has 0 aliphatic rings. The Morgan fingerprint density at radius 1 is 1.35 bits per heavy atom. The molecular weight excluding hydrogens is 274 g/mol. The van der Waals surface area contributed by atoms with Gasteiger partial charge in [0.15, 0.2) is 0 Å². The maximum absolute atomic E-state index is 10.8. The Bertz CT molecular complexity index is 580. The summed E-state index contributed by atoms with van der Waals surface area (Å²) in [5.41, 5.74) is 4.65. The van der Waals surface area contributed by atoms with Crippen LogP contribution < -0.4 is 0 Å². The summed E-state index contributed by atoms with van der Waals surface area (Å²) in [6.45, 7) is 3.06. The number of carboxylic acids is 1. The number of carboxylic acid groups (broad SMARTS) is 1. The van der Waals surface area contributed by atoms with Gasteiger partial charge in [-0.25, -0.2) is 4.98 Å². The van der Waals surface area contributed by atoms with Crippen molar-refractivity contribution in [2.24, 2.45) is 0 Å². The van der Waals surface area contributed by atoms with Crippen molar-refractivity contribution < 1.29 is 14.6 Å². The molecule has 2 rings (SSSR count). The fourth-order valence-corrected chi connectivity index (χ4v) is 2.71. The van der Waals surface area contributed by atoms with Crippen LogP contribution in [-0.4, -0.2) is 22.7 Å². The third kappa shape index (κ3) is 4.15. The highest BCUT2D eigenvalue weighted by molar-refractivity contribution is 7.09. The molecule has 1 aromatic carbocycles. The van der Waals surface area contributed by atoms with Gasteiger partial charge in [-0.05, 0) is 18.1 Å². The average Bonchev–Trinajstić information content (AvgIpc) is 2.81. The number of carbonyl (C=O) groups is 1. The highest BCUT2D eigenvalue weighted by Crippen LogP contribution is 2.14. The van der Waals surface area contributed by atoms with Crippen LogP contribution in [0.5, 0.6) is 0 Å². The van der Waals surface area contributed by atoms with Crippen molar-refractivity contribution in [3.8, 4) is 0 Å². The number of ether oxygens (including phenoxy) is 1. The van der Waals surface area contributed by atoms with Crippen LogP contribution in [0.15, 0.2) is 29.8 Å². The Labute approximate surface area is 122 Å². The normalized spacial score (nSPS) is 10.7. The lowest BCUT2D eigenvalue weighted by Crippen LogP contribution is -2.06. The minimum Gasteiger partial charge on any atom is -0.481 e. The molecule has 1 heterocycles. The van der Waals surface area contributed by atoms with Gasteiger partial charge in [-0.15, -0.1) is 11.3 Å². The van der Waals surface area contributed by atoms with Gasteiger partial charge in [0.25, 0.3) is 0 Å². The number of benzene rings is 1. The molecule has 1 aromatic heterocycles. The Hall–Kier alpha value is -1.72. The molecule has 20 heavy (non-hydrogen) atoms. The van der Waals surface area contributed by atoms with Gasteiger partial charge in [-0.2, -0.15) is 0 Å². The molecule has 1 N–H and O–H groups in total. The van der Waals surface area contributed by atoms with E-state index in [1.807, 2.05) is 36.7 Å². The number of rotatable bonds is 7. The first-order valence-corrected chi connectivity index (χ1v) is 7.30. The molecule has 0 amide bonds. The van der Waals surface area contributed by atoms with E-state index in [1.54, 1.807) is 11.3 Å². The molecule has 0 saturated heterocycles. The zero-order valence-electron chi connectivity index (χ0n) is 11.3. The van der Waals surface area contributed by atoms with E-state index in [2.05, 4.69) is 4.98 Å². The lowest BCUT2D eigenvalue weighted by Gasteiger charge is -2.08. The first-order chi connectivity index (χ1) is 9.66. The van der Waals surface area contributed by atoms with Crippen LogP contribution in [0.4, 0.5) is 0 Å². The van der Waals surface area contributed by atoms with Gasteiger partial charge in [0, 0.05) is 11.3 Å². The monoisotopic (exact) mass is 291 g/mol. The van der Waals surface area contributed by atoms with Crippen molar-refractivity contribution in [3.63, 3.8) is 0 Å². The lowest BCUT2D eigenvalue weighted by molar-refractivity contribution is -0.136. The third-order valence-corrected chi connectivity index (χ3v) is 4.03. The smallest absolute Gasteiger partial charge is 0.307 e. The summed E-state index contributed by atoms with van der Waals surface area (Å²) in [6, 6.07) is 7.50. The molecule has 2 aromatic rings. The second-order valence-corrected chi connectivity index (χ2v) is 5.44. The van der Waals surface area contributed by atoms with E-state index in [0.717, 1.165) is 23.2 Å². The van der Waals surface area contributed by atoms with Crippen LogP contribution in [0.3, 0.4) is 0 Å². The summed E-state index contributed by atoms with van der Waals surface area (Å²) in [4.78, 5) is 16.2. The largest absolute Gasteiger partial charge is 0.481 e. The Balaban J connectivity index is 1.85. The molecule has 0 saturated carbocycles. The predicted molar refractivity (Wildman–Crippen MR) is 78.0 cm³/mol. The highest BCUT2D eigenvalue weighted by Gasteiger charge is 2.07. The summed E-state index contributed by atoms with van der Waals surface area (Å²) in [7, 11) is 0. The molecule has 0 radical (unpaired) electrons. The number of hydrogen-bond acceptors (Lipinski definition) is 4. The van der Waals surface area contributed by atoms with Crippen LogP contribution in [0.25, 0.3) is 0 Å². The topological polar surface area (TPSA) is 59.4 Å². The summed E-state index contributed by atoms with van der Waals surface area (Å²) in [5, 5.41) is 8.87. The van der Waals surface area contributed by atoms with Crippen LogP contribution in [0, 0.1) is 6.92 Å². The summed E-state index contributed by atoms with van der Waals surface area (Å²) >= 11 is 1.64. The van der Waals surface area contributed by atoms with Crippen LogP contribution in [-0.2, 0) is 29.0 Å². The lowest BCUT2D eigenvalue weighted by atomic mass is 10.1. The standard InChI is InChI=1S/C15H17NO3S/c1-11-14(20-10-16-11)6-7-19-9-13-5-3-2-4-12(13)8-15(17)18/h2-5,10H,6-9H2,1H3,(H,17,18). The Morgan fingerprint density at radius 3 is 2.75 bits per heavy atom. The molecule has 0 bridgehead atoms. The van der Waals surface area contributed by atoms with Crippen molar-refractivity contribution >= 4 is 17.3 Å². The highest BCUT2D eigenvalue weighted by atomic mass is 32.1. The molecule has 106 valence electrons. The minimum absolute atomic E-state index is 0.0352. The van der Waals surface area contributed by atoms with Crippen LogP contribution in [0.2, 0.25) is 0 Å². The van der Waals surface area contributed by atoms with Crippen molar-refractivity contribution in [2.75, 3.05) is 6.61 Å². The SMILES string of the molecule is Cc1ncsc1CCOCc1ccccc1CC(=O)O. The maximum Gasteiger partial charge on any atom is 0.307 e. The van der Waals surface area contributed by atoms with Crippen LogP contribution in [0.1, 0.15) is 21.7 Å². The molecule has 0 fully saturated rings. The van der Waals surface area contributed by atoms with E-state index in [4.69, 9.17) is 9.84 Å². The molecular formula is C15H17NO3S. The van der Waals surface area contributed by atoms with Crippen LogP contribution >= 0.6 is 11.3 Å². The number of thiazole rings is 1. The van der Waals surface area contributed by atoms with E-state index in [-0.39, 0.29) is 6.42 Å². The molecule has 0 spiro atoms. The van der Waals surface area contributed by atoms with E-state index >= 15 is 0 Å². The Kier molecular flexibility index (Phi) is 5.26. The average molecular weight is 291 g/mol. The van der Waals surface area contributed by atoms with Gasteiger partial charge in [0.1, 0.15) is 0 Å². The summed E-state index contributed by atoms with van der Waals surface area (Å²) in [6.07, 6.45) is 0.880. The van der Waals surface area contributed by atoms with E-state index < -0.39 is 5.97 Å². The van der Waals surface area contributed by atoms with Crippen molar-refractivity contribution in [1.29, 1.82) is 0 Å². The van der Waals surface area contributed by atoms with Gasteiger partial charge in [-0.1, -0.05) is 24.3 Å². The second-order valence-electron chi connectivity index (χ2n) is 4.50. The van der Waals surface area contributed by atoms with Crippen molar-refractivity contribution in [1.82, 2.24) is 4.98 Å². The molecule has 0 unspecified atom stereocenters. The molecule has 5 heteroatoms. The van der Waals surface area contributed by atoms with Gasteiger partial charge in [0.2, 0.25) is 0 Å². The van der Waals surface area contributed by atoms with E-state index in [9.17, 15) is 4.79 Å². The van der Waals surface area contributed by atoms with Crippen molar-refractivity contribution in [3.05, 3.63) is 51.5 Å². The second kappa shape index (κ2) is 7.17. The van der Waals surface area contributed by atoms with E-state index in [1.165, 1.54) is 4.88 Å². The molecule has 0 aliphatic carbocycles. The number of hydrogen-bond donors (Lipinski definition) is 1. The van der Waals surface area contributed by atoms with Gasteiger partial charge < -0.3 is 9.84 Å². The zero-order chi connectivity index (χ0) is 14.4. The minimum atomic E-state index is -0.822. The Morgan fingerprint density at radius 2 is 2.10 bits per heavy atom. The molecule has 4 nitrogen and oxygen atoms in total. The summed E-state index contributed by atoms with van der Waals surface area (Å²) < 4.78 is 5.66. The fourth-order valence-electron chi connectivity index (χ4n) is 1.95. The quantitative estimate of drug-likeness (QED) is 0.797. The van der Waals surface area contributed by atoms with E-state index in [0.29, 0.717) is 13.2 Å². The number of nitrogens with zero attached hydrogens (tertiary/aromatic N) is 1. The number of aryl methyl sites for hydroxylation is 1. The third-order valence-electron chi connectivity index (χ3n) is 3.04. The van der Waals surface area contributed by atoms with Gasteiger partial charge in [0.05, 0.1) is 30.8 Å². The predicted octanol–water partition coefficient (Wildman–Crippen LogP) is 2.84. The van der Waals surface area contributed by atoms with Crippen molar-refractivity contribution in [2.45, 2.75) is 26.4 Å². The number of aromatic nitrogens is 1. The first kappa shape index (κ1) is 14.7.